The molecular formula is C22H19F3N2O3. The molecule has 2 aromatic carbocycles. The molecule has 0 aliphatic carbocycles. The van der Waals surface area contributed by atoms with E-state index in [9.17, 15) is 22.8 Å². The SMILES string of the molecule is Cn1cc(OCc2ccccc2)c(=O)cc1CNC(=O)c1ccc(C(F)(F)F)cc1. The number of halogens is 3. The third-order valence-electron chi connectivity index (χ3n) is 4.45. The number of nitrogens with one attached hydrogen (secondary N) is 1. The van der Waals surface area contributed by atoms with E-state index in [1.807, 2.05) is 30.3 Å². The fraction of sp³-hybridized carbons (Fsp3) is 0.182. The summed E-state index contributed by atoms with van der Waals surface area (Å²) in [6, 6.07) is 14.7. The minimum Gasteiger partial charge on any atom is -0.483 e. The molecule has 156 valence electrons. The summed E-state index contributed by atoms with van der Waals surface area (Å²) in [7, 11) is 1.70. The number of carbonyl (C=O) groups is 1. The smallest absolute Gasteiger partial charge is 0.416 e. The fourth-order valence-corrected chi connectivity index (χ4v) is 2.75. The minimum atomic E-state index is -4.46. The van der Waals surface area contributed by atoms with Crippen molar-refractivity contribution in [3.8, 4) is 5.75 Å². The van der Waals surface area contributed by atoms with Crippen LogP contribution in [-0.4, -0.2) is 10.5 Å². The molecule has 0 aliphatic heterocycles. The average Bonchev–Trinajstić information content (AvgIpc) is 2.73. The first-order valence-corrected chi connectivity index (χ1v) is 9.06. The molecule has 1 N–H and O–H groups in total. The summed E-state index contributed by atoms with van der Waals surface area (Å²) >= 11 is 0. The van der Waals surface area contributed by atoms with E-state index in [0.717, 1.165) is 29.8 Å². The lowest BCUT2D eigenvalue weighted by Crippen LogP contribution is -2.26. The normalized spacial score (nSPS) is 11.2. The Morgan fingerprint density at radius 2 is 1.73 bits per heavy atom. The number of amides is 1. The van der Waals surface area contributed by atoms with Crippen LogP contribution in [0.3, 0.4) is 0 Å². The van der Waals surface area contributed by atoms with E-state index >= 15 is 0 Å². The zero-order chi connectivity index (χ0) is 21.7. The number of ether oxygens (including phenoxy) is 1. The van der Waals surface area contributed by atoms with Crippen molar-refractivity contribution in [2.24, 2.45) is 7.05 Å². The Labute approximate surface area is 170 Å². The molecule has 1 aromatic heterocycles. The molecule has 0 saturated heterocycles. The van der Waals surface area contributed by atoms with Gasteiger partial charge in [-0.3, -0.25) is 9.59 Å². The minimum absolute atomic E-state index is 0.0323. The molecule has 0 unspecified atom stereocenters. The van der Waals surface area contributed by atoms with Gasteiger partial charge in [0.05, 0.1) is 18.3 Å². The molecular weight excluding hydrogens is 397 g/mol. The largest absolute Gasteiger partial charge is 0.483 e. The molecule has 0 atom stereocenters. The first-order chi connectivity index (χ1) is 14.2. The highest BCUT2D eigenvalue weighted by Gasteiger charge is 2.30. The summed E-state index contributed by atoms with van der Waals surface area (Å²) in [6.45, 7) is 0.282. The predicted molar refractivity (Wildman–Crippen MR) is 105 cm³/mol. The molecule has 0 radical (unpaired) electrons. The van der Waals surface area contributed by atoms with Gasteiger partial charge in [-0.1, -0.05) is 30.3 Å². The number of carbonyl (C=O) groups excluding carboxylic acids is 1. The van der Waals surface area contributed by atoms with Crippen LogP contribution >= 0.6 is 0 Å². The predicted octanol–water partition coefficient (Wildman–Crippen LogP) is 3.91. The maximum absolute atomic E-state index is 12.6. The van der Waals surface area contributed by atoms with Crippen molar-refractivity contribution >= 4 is 5.91 Å². The van der Waals surface area contributed by atoms with Gasteiger partial charge in [0.15, 0.2) is 5.75 Å². The van der Waals surface area contributed by atoms with Gasteiger partial charge in [0.2, 0.25) is 5.43 Å². The van der Waals surface area contributed by atoms with Crippen LogP contribution in [0.5, 0.6) is 5.75 Å². The van der Waals surface area contributed by atoms with E-state index in [-0.39, 0.29) is 29.9 Å². The Balaban J connectivity index is 1.63. The summed E-state index contributed by atoms with van der Waals surface area (Å²) in [5, 5.41) is 2.60. The first-order valence-electron chi connectivity index (χ1n) is 9.06. The quantitative estimate of drug-likeness (QED) is 0.663. The summed E-state index contributed by atoms with van der Waals surface area (Å²) < 4.78 is 45.1. The van der Waals surface area contributed by atoms with Gasteiger partial charge in [0.1, 0.15) is 6.61 Å². The van der Waals surface area contributed by atoms with Crippen molar-refractivity contribution in [2.75, 3.05) is 0 Å². The second kappa shape index (κ2) is 8.86. The number of aryl methyl sites for hydroxylation is 1. The highest BCUT2D eigenvalue weighted by molar-refractivity contribution is 5.94. The lowest BCUT2D eigenvalue weighted by molar-refractivity contribution is -0.137. The van der Waals surface area contributed by atoms with Crippen LogP contribution in [0.2, 0.25) is 0 Å². The van der Waals surface area contributed by atoms with E-state index in [4.69, 9.17) is 4.74 Å². The highest BCUT2D eigenvalue weighted by atomic mass is 19.4. The number of hydrogen-bond donors (Lipinski definition) is 1. The number of nitrogens with zero attached hydrogens (tertiary/aromatic N) is 1. The van der Waals surface area contributed by atoms with Gasteiger partial charge in [0.25, 0.3) is 5.91 Å². The standard InChI is InChI=1S/C22H19F3N2O3/c1-27-13-20(30-14-15-5-3-2-4-6-15)19(28)11-18(27)12-26-21(29)16-7-9-17(10-8-16)22(23,24)25/h2-11,13H,12,14H2,1H3,(H,26,29). The number of alkyl halides is 3. The number of hydrogen-bond acceptors (Lipinski definition) is 3. The molecule has 0 fully saturated rings. The molecule has 5 nitrogen and oxygen atoms in total. The maximum Gasteiger partial charge on any atom is 0.416 e. The first kappa shape index (κ1) is 21.2. The van der Waals surface area contributed by atoms with E-state index < -0.39 is 17.6 Å². The van der Waals surface area contributed by atoms with Crippen LogP contribution < -0.4 is 15.5 Å². The summed E-state index contributed by atoms with van der Waals surface area (Å²) in [5.74, 6) is -0.361. The summed E-state index contributed by atoms with van der Waals surface area (Å²) in [5.41, 5.74) is 0.380. The Bertz CT molecular complexity index is 1080. The molecule has 0 saturated carbocycles. The van der Waals surface area contributed by atoms with E-state index in [1.165, 1.54) is 12.3 Å². The monoisotopic (exact) mass is 416 g/mol. The molecule has 1 amide bonds. The van der Waals surface area contributed by atoms with Crippen LogP contribution in [0.25, 0.3) is 0 Å². The number of aromatic nitrogens is 1. The Morgan fingerprint density at radius 1 is 1.07 bits per heavy atom. The number of benzene rings is 2. The van der Waals surface area contributed by atoms with Crippen LogP contribution in [0.4, 0.5) is 13.2 Å². The van der Waals surface area contributed by atoms with E-state index in [2.05, 4.69) is 5.32 Å². The molecule has 1 heterocycles. The zero-order valence-electron chi connectivity index (χ0n) is 16.1. The molecule has 0 aliphatic rings. The summed E-state index contributed by atoms with van der Waals surface area (Å²) in [6.07, 6.45) is -2.93. The van der Waals surface area contributed by atoms with Crippen LogP contribution in [0.15, 0.2) is 71.7 Å². The van der Waals surface area contributed by atoms with Crippen LogP contribution in [0.1, 0.15) is 27.2 Å². The third kappa shape index (κ3) is 5.28. The third-order valence-corrected chi connectivity index (χ3v) is 4.45. The van der Waals surface area contributed by atoms with Crippen molar-refractivity contribution in [3.05, 3.63) is 99.5 Å². The Hall–Kier alpha value is -3.55. The lowest BCUT2D eigenvalue weighted by Gasteiger charge is -2.13. The Morgan fingerprint density at radius 3 is 2.37 bits per heavy atom. The van der Waals surface area contributed by atoms with Crippen molar-refractivity contribution in [1.29, 1.82) is 0 Å². The van der Waals surface area contributed by atoms with Gasteiger partial charge in [-0.25, -0.2) is 0 Å². The molecule has 8 heteroatoms. The number of rotatable bonds is 6. The second-order valence-corrected chi connectivity index (χ2v) is 6.64. The summed E-state index contributed by atoms with van der Waals surface area (Å²) in [4.78, 5) is 24.5. The fourth-order valence-electron chi connectivity index (χ4n) is 2.75. The number of pyridine rings is 1. The average molecular weight is 416 g/mol. The van der Waals surface area contributed by atoms with Crippen LogP contribution in [-0.2, 0) is 26.4 Å². The van der Waals surface area contributed by atoms with Gasteiger partial charge in [-0.2, -0.15) is 13.2 Å². The molecule has 0 bridgehead atoms. The maximum atomic E-state index is 12.6. The van der Waals surface area contributed by atoms with Crippen molar-refractivity contribution in [2.45, 2.75) is 19.3 Å². The van der Waals surface area contributed by atoms with Crippen molar-refractivity contribution < 1.29 is 22.7 Å². The van der Waals surface area contributed by atoms with Gasteiger partial charge >= 0.3 is 6.18 Å². The van der Waals surface area contributed by atoms with Crippen molar-refractivity contribution in [1.82, 2.24) is 9.88 Å². The van der Waals surface area contributed by atoms with Crippen molar-refractivity contribution in [3.63, 3.8) is 0 Å². The lowest BCUT2D eigenvalue weighted by atomic mass is 10.1. The van der Waals surface area contributed by atoms with Gasteiger partial charge in [0, 0.05) is 24.4 Å². The topological polar surface area (TPSA) is 60.3 Å². The zero-order valence-corrected chi connectivity index (χ0v) is 16.1. The molecule has 3 aromatic rings. The Kier molecular flexibility index (Phi) is 6.25. The van der Waals surface area contributed by atoms with E-state index in [0.29, 0.717) is 5.69 Å². The molecule has 0 spiro atoms. The van der Waals surface area contributed by atoms with E-state index in [1.54, 1.807) is 11.6 Å². The van der Waals surface area contributed by atoms with Crippen LogP contribution in [0, 0.1) is 0 Å². The van der Waals surface area contributed by atoms with Gasteiger partial charge < -0.3 is 14.6 Å². The second-order valence-electron chi connectivity index (χ2n) is 6.64. The van der Waals surface area contributed by atoms with Gasteiger partial charge in [-0.15, -0.1) is 0 Å². The van der Waals surface area contributed by atoms with Gasteiger partial charge in [-0.05, 0) is 29.8 Å². The highest BCUT2D eigenvalue weighted by Crippen LogP contribution is 2.29. The molecule has 3 rings (SSSR count). The molecule has 30 heavy (non-hydrogen) atoms.